The number of nitrogens with zero attached hydrogens (tertiary/aromatic N) is 2. The topological polar surface area (TPSA) is 98.3 Å². The van der Waals surface area contributed by atoms with Gasteiger partial charge in [0.2, 0.25) is 0 Å². The SMILES string of the molecule is Cc1cc(C)c(Nc2ccc([N+](=O)[O-])cc2[N+](=O)[O-])c(C)c1. The molecule has 2 aromatic rings. The van der Waals surface area contributed by atoms with Crippen LogP contribution < -0.4 is 5.32 Å². The Morgan fingerprint density at radius 3 is 2.00 bits per heavy atom. The average Bonchev–Trinajstić information content (AvgIpc) is 2.42. The molecule has 7 heteroatoms. The molecule has 0 saturated carbocycles. The van der Waals surface area contributed by atoms with Crippen LogP contribution in [0.25, 0.3) is 0 Å². The third-order valence-corrected chi connectivity index (χ3v) is 3.33. The van der Waals surface area contributed by atoms with E-state index >= 15 is 0 Å². The minimum atomic E-state index is -0.654. The van der Waals surface area contributed by atoms with E-state index in [9.17, 15) is 20.2 Å². The summed E-state index contributed by atoms with van der Waals surface area (Å²) in [5.74, 6) is 0. The molecule has 0 aromatic heterocycles. The van der Waals surface area contributed by atoms with Crippen LogP contribution in [0.2, 0.25) is 0 Å². The van der Waals surface area contributed by atoms with Crippen molar-refractivity contribution >= 4 is 22.7 Å². The Hall–Kier alpha value is -2.96. The van der Waals surface area contributed by atoms with Crippen molar-refractivity contribution in [3.63, 3.8) is 0 Å². The van der Waals surface area contributed by atoms with Gasteiger partial charge in [-0.2, -0.15) is 0 Å². The van der Waals surface area contributed by atoms with Crippen molar-refractivity contribution in [1.29, 1.82) is 0 Å². The third-order valence-electron chi connectivity index (χ3n) is 3.33. The van der Waals surface area contributed by atoms with Crippen LogP contribution in [0.3, 0.4) is 0 Å². The number of nitro groups is 2. The second kappa shape index (κ2) is 5.80. The van der Waals surface area contributed by atoms with Crippen molar-refractivity contribution in [3.05, 3.63) is 67.3 Å². The summed E-state index contributed by atoms with van der Waals surface area (Å²) in [5, 5.41) is 24.9. The summed E-state index contributed by atoms with van der Waals surface area (Å²) in [4.78, 5) is 20.6. The minimum Gasteiger partial charge on any atom is -0.349 e. The largest absolute Gasteiger partial charge is 0.349 e. The fourth-order valence-electron chi connectivity index (χ4n) is 2.40. The predicted molar refractivity (Wildman–Crippen MR) is 83.7 cm³/mol. The van der Waals surface area contributed by atoms with Gasteiger partial charge >= 0.3 is 0 Å². The van der Waals surface area contributed by atoms with E-state index in [-0.39, 0.29) is 17.1 Å². The van der Waals surface area contributed by atoms with Gasteiger partial charge in [0.1, 0.15) is 5.69 Å². The summed E-state index contributed by atoms with van der Waals surface area (Å²) < 4.78 is 0. The smallest absolute Gasteiger partial charge is 0.299 e. The average molecular weight is 301 g/mol. The molecule has 0 aliphatic heterocycles. The molecular weight excluding hydrogens is 286 g/mol. The first-order valence-electron chi connectivity index (χ1n) is 6.57. The summed E-state index contributed by atoms with van der Waals surface area (Å²) >= 11 is 0. The van der Waals surface area contributed by atoms with Crippen molar-refractivity contribution in [2.75, 3.05) is 5.32 Å². The lowest BCUT2D eigenvalue weighted by Gasteiger charge is -2.14. The molecular formula is C15H15N3O4. The van der Waals surface area contributed by atoms with Gasteiger partial charge in [0.25, 0.3) is 11.4 Å². The molecule has 0 radical (unpaired) electrons. The van der Waals surface area contributed by atoms with Crippen LogP contribution in [0.4, 0.5) is 22.7 Å². The monoisotopic (exact) mass is 301 g/mol. The number of aryl methyl sites for hydroxylation is 3. The Morgan fingerprint density at radius 2 is 1.50 bits per heavy atom. The number of rotatable bonds is 4. The van der Waals surface area contributed by atoms with E-state index in [1.165, 1.54) is 12.1 Å². The summed E-state index contributed by atoms with van der Waals surface area (Å²) in [6, 6.07) is 7.49. The van der Waals surface area contributed by atoms with E-state index in [2.05, 4.69) is 5.32 Å². The standard InChI is InChI=1S/C15H15N3O4/c1-9-6-10(2)15(11(3)7-9)16-13-5-4-12(17(19)20)8-14(13)18(21)22/h4-8,16H,1-3H3. The molecule has 0 spiro atoms. The number of hydrogen-bond donors (Lipinski definition) is 1. The summed E-state index contributed by atoms with van der Waals surface area (Å²) in [6.45, 7) is 5.78. The Morgan fingerprint density at radius 1 is 0.909 bits per heavy atom. The molecule has 0 aliphatic rings. The molecule has 0 fully saturated rings. The number of non-ortho nitro benzene ring substituents is 1. The zero-order valence-electron chi connectivity index (χ0n) is 12.4. The maximum atomic E-state index is 11.2. The highest BCUT2D eigenvalue weighted by Crippen LogP contribution is 2.33. The number of nitrogens with one attached hydrogen (secondary N) is 1. The number of benzene rings is 2. The second-order valence-corrected chi connectivity index (χ2v) is 5.11. The maximum Gasteiger partial charge on any atom is 0.299 e. The molecule has 0 saturated heterocycles. The highest BCUT2D eigenvalue weighted by atomic mass is 16.6. The lowest BCUT2D eigenvalue weighted by molar-refractivity contribution is -0.393. The van der Waals surface area contributed by atoms with E-state index < -0.39 is 9.85 Å². The van der Waals surface area contributed by atoms with Crippen LogP contribution in [0.15, 0.2) is 30.3 Å². The lowest BCUT2D eigenvalue weighted by Crippen LogP contribution is -2.01. The van der Waals surface area contributed by atoms with Gasteiger partial charge in [0, 0.05) is 11.8 Å². The first-order chi connectivity index (χ1) is 10.3. The van der Waals surface area contributed by atoms with Gasteiger partial charge in [-0.05, 0) is 38.0 Å². The van der Waals surface area contributed by atoms with Gasteiger partial charge in [0.15, 0.2) is 0 Å². The molecule has 2 rings (SSSR count). The zero-order chi connectivity index (χ0) is 16.4. The van der Waals surface area contributed by atoms with E-state index in [1.807, 2.05) is 32.9 Å². The highest BCUT2D eigenvalue weighted by Gasteiger charge is 2.20. The fourth-order valence-corrected chi connectivity index (χ4v) is 2.40. The molecule has 0 unspecified atom stereocenters. The molecule has 0 amide bonds. The zero-order valence-corrected chi connectivity index (χ0v) is 12.4. The molecule has 22 heavy (non-hydrogen) atoms. The molecule has 2 aromatic carbocycles. The van der Waals surface area contributed by atoms with Gasteiger partial charge in [-0.1, -0.05) is 17.7 Å². The molecule has 0 atom stereocenters. The minimum absolute atomic E-state index is 0.227. The lowest BCUT2D eigenvalue weighted by atomic mass is 10.0. The predicted octanol–water partition coefficient (Wildman–Crippen LogP) is 4.17. The van der Waals surface area contributed by atoms with Gasteiger partial charge in [0.05, 0.1) is 15.9 Å². The van der Waals surface area contributed by atoms with Crippen molar-refractivity contribution < 1.29 is 9.85 Å². The number of hydrogen-bond acceptors (Lipinski definition) is 5. The van der Waals surface area contributed by atoms with Crippen LogP contribution >= 0.6 is 0 Å². The van der Waals surface area contributed by atoms with E-state index in [1.54, 1.807) is 0 Å². The van der Waals surface area contributed by atoms with Crippen molar-refractivity contribution in [2.45, 2.75) is 20.8 Å². The van der Waals surface area contributed by atoms with Crippen molar-refractivity contribution in [3.8, 4) is 0 Å². The van der Waals surface area contributed by atoms with Crippen molar-refractivity contribution in [1.82, 2.24) is 0 Å². The van der Waals surface area contributed by atoms with E-state index in [4.69, 9.17) is 0 Å². The van der Waals surface area contributed by atoms with Gasteiger partial charge < -0.3 is 5.32 Å². The Balaban J connectivity index is 2.50. The molecule has 114 valence electrons. The maximum absolute atomic E-state index is 11.2. The van der Waals surface area contributed by atoms with Crippen LogP contribution in [0.5, 0.6) is 0 Å². The van der Waals surface area contributed by atoms with Gasteiger partial charge in [-0.15, -0.1) is 0 Å². The number of nitro benzene ring substituents is 2. The molecule has 0 heterocycles. The second-order valence-electron chi connectivity index (χ2n) is 5.11. The Labute approximate surface area is 126 Å². The van der Waals surface area contributed by atoms with Crippen LogP contribution in [-0.4, -0.2) is 9.85 Å². The quantitative estimate of drug-likeness (QED) is 0.675. The van der Waals surface area contributed by atoms with Crippen LogP contribution in [0, 0.1) is 41.0 Å². The Kier molecular flexibility index (Phi) is 4.07. The first kappa shape index (κ1) is 15.4. The van der Waals surface area contributed by atoms with Crippen molar-refractivity contribution in [2.24, 2.45) is 0 Å². The Bertz CT molecular complexity index is 748. The summed E-state index contributed by atoms with van der Waals surface area (Å²) in [7, 11) is 0. The third kappa shape index (κ3) is 3.03. The molecule has 0 aliphatic carbocycles. The van der Waals surface area contributed by atoms with E-state index in [0.717, 1.165) is 28.4 Å². The summed E-state index contributed by atoms with van der Waals surface area (Å²) in [5.41, 5.74) is 3.35. The van der Waals surface area contributed by atoms with E-state index in [0.29, 0.717) is 0 Å². The molecule has 7 nitrogen and oxygen atoms in total. The molecule has 1 N–H and O–H groups in total. The van der Waals surface area contributed by atoms with Gasteiger partial charge in [-0.3, -0.25) is 20.2 Å². The fraction of sp³-hybridized carbons (Fsp3) is 0.200. The summed E-state index contributed by atoms with van der Waals surface area (Å²) in [6.07, 6.45) is 0. The first-order valence-corrected chi connectivity index (χ1v) is 6.57. The van der Waals surface area contributed by atoms with Crippen LogP contribution in [-0.2, 0) is 0 Å². The van der Waals surface area contributed by atoms with Crippen LogP contribution in [0.1, 0.15) is 16.7 Å². The highest BCUT2D eigenvalue weighted by molar-refractivity contribution is 5.75. The molecule has 0 bridgehead atoms. The number of anilines is 2. The van der Waals surface area contributed by atoms with Gasteiger partial charge in [-0.25, -0.2) is 0 Å². The normalized spacial score (nSPS) is 10.3.